The van der Waals surface area contributed by atoms with Gasteiger partial charge >= 0.3 is 13.2 Å². The van der Waals surface area contributed by atoms with Crippen LogP contribution in [0.25, 0.3) is 0 Å². The van der Waals surface area contributed by atoms with E-state index in [-0.39, 0.29) is 12.1 Å². The molecule has 1 aromatic carbocycles. The van der Waals surface area contributed by atoms with Crippen molar-refractivity contribution in [2.24, 2.45) is 0 Å². The third kappa shape index (κ3) is 2.39. The molecule has 1 rings (SSSR count). The van der Waals surface area contributed by atoms with E-state index in [9.17, 15) is 30.5 Å². The molecule has 0 heterocycles. The number of nitrogen functional groups attached to an aromatic ring is 1. The SMILES string of the molecule is Nc1cc(C(F)(F)F)c(F)cc1[B-](F)(F)F. The Bertz CT molecular complexity index is 369. The van der Waals surface area contributed by atoms with Gasteiger partial charge in [-0.15, -0.1) is 0 Å². The molecule has 16 heavy (non-hydrogen) atoms. The van der Waals surface area contributed by atoms with Crippen molar-refractivity contribution in [1.82, 2.24) is 0 Å². The summed E-state index contributed by atoms with van der Waals surface area (Å²) in [7, 11) is 0. The van der Waals surface area contributed by atoms with Crippen molar-refractivity contribution < 1.29 is 30.5 Å². The smallest absolute Gasteiger partial charge is 0.445 e. The van der Waals surface area contributed by atoms with Gasteiger partial charge in [0.2, 0.25) is 0 Å². The Morgan fingerprint density at radius 2 is 1.56 bits per heavy atom. The molecular weight excluding hydrogens is 242 g/mol. The molecular formula is C7H4BF7N-. The van der Waals surface area contributed by atoms with Gasteiger partial charge in [-0.05, 0) is 6.07 Å². The van der Waals surface area contributed by atoms with Crippen LogP contribution in [0.4, 0.5) is 36.2 Å². The fourth-order valence-corrected chi connectivity index (χ4v) is 1.11. The molecule has 0 bridgehead atoms. The van der Waals surface area contributed by atoms with Crippen molar-refractivity contribution in [2.45, 2.75) is 6.18 Å². The molecule has 0 radical (unpaired) electrons. The Hall–Kier alpha value is -1.41. The number of hydrogen-bond donors (Lipinski definition) is 1. The fraction of sp³-hybridized carbons (Fsp3) is 0.143. The first-order chi connectivity index (χ1) is 7.03. The minimum atomic E-state index is -5.64. The van der Waals surface area contributed by atoms with Gasteiger partial charge in [-0.25, -0.2) is 4.39 Å². The number of anilines is 1. The predicted octanol–water partition coefficient (Wildman–Crippen LogP) is 2.48. The van der Waals surface area contributed by atoms with Gasteiger partial charge in [0.25, 0.3) is 0 Å². The highest BCUT2D eigenvalue weighted by Crippen LogP contribution is 2.32. The molecule has 9 heteroatoms. The lowest BCUT2D eigenvalue weighted by Gasteiger charge is -2.19. The van der Waals surface area contributed by atoms with Gasteiger partial charge in [-0.3, -0.25) is 0 Å². The second-order valence-corrected chi connectivity index (χ2v) is 3.03. The number of benzene rings is 1. The summed E-state index contributed by atoms with van der Waals surface area (Å²) in [6.07, 6.45) is -5.07. The van der Waals surface area contributed by atoms with E-state index in [4.69, 9.17) is 5.73 Å². The number of hydrogen-bond acceptors (Lipinski definition) is 1. The highest BCUT2D eigenvalue weighted by Gasteiger charge is 2.37. The van der Waals surface area contributed by atoms with E-state index >= 15 is 0 Å². The van der Waals surface area contributed by atoms with Crippen LogP contribution < -0.4 is 11.2 Å². The molecule has 0 unspecified atom stereocenters. The Morgan fingerprint density at radius 3 is 1.94 bits per heavy atom. The maximum Gasteiger partial charge on any atom is 0.511 e. The van der Waals surface area contributed by atoms with Crippen LogP contribution in [0.15, 0.2) is 12.1 Å². The lowest BCUT2D eigenvalue weighted by atomic mass is 9.78. The zero-order chi connectivity index (χ0) is 12.7. The largest absolute Gasteiger partial charge is 0.511 e. The zero-order valence-electron chi connectivity index (χ0n) is 7.46. The number of rotatable bonds is 1. The Balaban J connectivity index is 3.40. The van der Waals surface area contributed by atoms with Crippen molar-refractivity contribution in [1.29, 1.82) is 0 Å². The van der Waals surface area contributed by atoms with Gasteiger partial charge in [0.1, 0.15) is 5.82 Å². The van der Waals surface area contributed by atoms with Gasteiger partial charge in [0.15, 0.2) is 0 Å². The average Bonchev–Trinajstić information content (AvgIpc) is 2.04. The standard InChI is InChI=1S/C7H4BF7N/c9-5-2-4(8(13,14)15)6(16)1-3(5)7(10,11)12/h1-2H,16H2/q-1. The van der Waals surface area contributed by atoms with Crippen molar-refractivity contribution in [3.05, 3.63) is 23.5 Å². The van der Waals surface area contributed by atoms with Gasteiger partial charge in [-0.2, -0.15) is 13.2 Å². The van der Waals surface area contributed by atoms with Crippen LogP contribution in [0.5, 0.6) is 0 Å². The number of halogens is 7. The Morgan fingerprint density at radius 1 is 1.06 bits per heavy atom. The van der Waals surface area contributed by atoms with Gasteiger partial charge < -0.3 is 18.7 Å². The molecule has 2 N–H and O–H groups in total. The van der Waals surface area contributed by atoms with Gasteiger partial charge in [0.05, 0.1) is 5.56 Å². The van der Waals surface area contributed by atoms with E-state index in [1.807, 2.05) is 0 Å². The average molecular weight is 246 g/mol. The maximum atomic E-state index is 12.8. The van der Waals surface area contributed by atoms with Crippen LogP contribution in [-0.2, 0) is 6.18 Å². The second-order valence-electron chi connectivity index (χ2n) is 3.03. The van der Waals surface area contributed by atoms with E-state index in [1.54, 1.807) is 0 Å². The third-order valence-corrected chi connectivity index (χ3v) is 1.83. The van der Waals surface area contributed by atoms with Crippen molar-refractivity contribution in [3.8, 4) is 0 Å². The fourth-order valence-electron chi connectivity index (χ4n) is 1.11. The normalized spacial score (nSPS) is 12.9. The summed E-state index contributed by atoms with van der Waals surface area (Å²) in [5.41, 5.74) is 0.289. The first-order valence-corrected chi connectivity index (χ1v) is 3.89. The zero-order valence-corrected chi connectivity index (χ0v) is 7.46. The lowest BCUT2D eigenvalue weighted by Crippen LogP contribution is -2.37. The summed E-state index contributed by atoms with van der Waals surface area (Å²) in [6.45, 7) is -5.64. The van der Waals surface area contributed by atoms with Crippen LogP contribution in [0.1, 0.15) is 5.56 Å². The van der Waals surface area contributed by atoms with Crippen LogP contribution in [0.2, 0.25) is 0 Å². The van der Waals surface area contributed by atoms with E-state index in [0.717, 1.165) is 0 Å². The molecule has 0 amide bonds. The molecule has 0 aliphatic rings. The van der Waals surface area contributed by atoms with Gasteiger partial charge in [-0.1, -0.05) is 11.5 Å². The minimum Gasteiger partial charge on any atom is -0.445 e. The molecule has 0 aliphatic carbocycles. The lowest BCUT2D eigenvalue weighted by molar-refractivity contribution is -0.139. The second kappa shape index (κ2) is 3.57. The molecule has 0 fully saturated rings. The molecule has 1 aromatic rings. The van der Waals surface area contributed by atoms with E-state index in [0.29, 0.717) is 0 Å². The van der Waals surface area contributed by atoms with Crippen molar-refractivity contribution in [2.75, 3.05) is 5.73 Å². The molecule has 0 spiro atoms. The van der Waals surface area contributed by atoms with Crippen LogP contribution in [0, 0.1) is 5.82 Å². The molecule has 90 valence electrons. The van der Waals surface area contributed by atoms with Gasteiger partial charge in [0, 0.05) is 5.69 Å². The molecule has 0 aromatic heterocycles. The summed E-state index contributed by atoms with van der Waals surface area (Å²) in [6, 6.07) is -0.294. The minimum absolute atomic E-state index is 0.0556. The molecule has 0 aliphatic heterocycles. The van der Waals surface area contributed by atoms with Crippen LogP contribution in [-0.4, -0.2) is 6.98 Å². The van der Waals surface area contributed by atoms with Crippen LogP contribution in [0.3, 0.4) is 0 Å². The first-order valence-electron chi connectivity index (χ1n) is 3.89. The predicted molar refractivity (Wildman–Crippen MR) is 44.5 cm³/mol. The van der Waals surface area contributed by atoms with E-state index < -0.39 is 35.7 Å². The highest BCUT2D eigenvalue weighted by molar-refractivity contribution is 6.75. The monoisotopic (exact) mass is 246 g/mol. The first kappa shape index (κ1) is 12.7. The number of alkyl halides is 3. The highest BCUT2D eigenvalue weighted by atomic mass is 19.4. The van der Waals surface area contributed by atoms with E-state index in [1.165, 1.54) is 0 Å². The molecule has 0 saturated heterocycles. The summed E-state index contributed by atoms with van der Waals surface area (Å²) in [4.78, 5) is 0. The molecule has 1 nitrogen and oxygen atoms in total. The van der Waals surface area contributed by atoms with Crippen LogP contribution >= 0.6 is 0 Å². The molecule has 0 atom stereocenters. The Kier molecular flexibility index (Phi) is 2.82. The third-order valence-electron chi connectivity index (χ3n) is 1.83. The summed E-state index contributed by atoms with van der Waals surface area (Å²) in [5, 5.41) is 0. The number of nitrogens with two attached hydrogens (primary N) is 1. The summed E-state index contributed by atoms with van der Waals surface area (Å²) >= 11 is 0. The topological polar surface area (TPSA) is 26.0 Å². The summed E-state index contributed by atoms with van der Waals surface area (Å²) < 4.78 is 85.6. The maximum absolute atomic E-state index is 12.8. The van der Waals surface area contributed by atoms with E-state index in [2.05, 4.69) is 0 Å². The van der Waals surface area contributed by atoms with Crippen molar-refractivity contribution >= 4 is 18.1 Å². The Labute approximate surface area is 85.1 Å². The summed E-state index contributed by atoms with van der Waals surface area (Å²) in [5.74, 6) is -1.99. The van der Waals surface area contributed by atoms with Crippen molar-refractivity contribution in [3.63, 3.8) is 0 Å². The quantitative estimate of drug-likeness (QED) is 0.459. The molecule has 0 saturated carbocycles.